The topological polar surface area (TPSA) is 87.0 Å². The minimum absolute atomic E-state index is 0.0678. The average Bonchev–Trinajstić information content (AvgIpc) is 2.87. The van der Waals surface area contributed by atoms with Crippen LogP contribution in [0.1, 0.15) is 12.5 Å². The quantitative estimate of drug-likeness (QED) is 0.304. The maximum atomic E-state index is 13.4. The molecule has 180 valence electrons. The van der Waals surface area contributed by atoms with Crippen molar-refractivity contribution < 1.29 is 23.4 Å². The van der Waals surface area contributed by atoms with E-state index in [0.29, 0.717) is 38.2 Å². The van der Waals surface area contributed by atoms with Gasteiger partial charge in [0.05, 0.1) is 24.1 Å². The number of methoxy groups -OCH3 is 2. The molecule has 0 aliphatic carbocycles. The summed E-state index contributed by atoms with van der Waals surface area (Å²) in [6.07, 6.45) is 0.768. The molecule has 4 aromatic rings. The molecular weight excluding hydrogens is 514 g/mol. The number of anilines is 1. The van der Waals surface area contributed by atoms with E-state index >= 15 is 0 Å². The molecule has 35 heavy (non-hydrogen) atoms. The Morgan fingerprint density at radius 1 is 1.00 bits per heavy atom. The van der Waals surface area contributed by atoms with Gasteiger partial charge >= 0.3 is 0 Å². The summed E-state index contributed by atoms with van der Waals surface area (Å²) in [6, 6.07) is 17.8. The van der Waals surface area contributed by atoms with Crippen LogP contribution >= 0.6 is 15.9 Å². The van der Waals surface area contributed by atoms with Crippen LogP contribution in [0.2, 0.25) is 0 Å². The summed E-state index contributed by atoms with van der Waals surface area (Å²) in [7, 11) is 3.04. The molecule has 0 saturated carbocycles. The summed E-state index contributed by atoms with van der Waals surface area (Å²) in [4.78, 5) is 26.1. The standard InChI is InChI=1S/C27H24BrNO6/c1-4-16-9-5-7-11-20(16)29-23(30)15-34-27-24(31)18-10-6-8-12-21(18)35-25(27)17-13-19(28)26(33-3)22(14-17)32-2/h5-14H,4,15H2,1-3H3,(H,29,30). The second kappa shape index (κ2) is 10.7. The van der Waals surface area contributed by atoms with Crippen LogP contribution in [-0.2, 0) is 11.2 Å². The second-order valence-corrected chi connectivity index (χ2v) is 8.48. The molecule has 0 radical (unpaired) electrons. The van der Waals surface area contributed by atoms with Crippen molar-refractivity contribution in [3.05, 3.63) is 80.9 Å². The zero-order chi connectivity index (χ0) is 24.9. The number of carbonyl (C=O) groups is 1. The van der Waals surface area contributed by atoms with Gasteiger partial charge < -0.3 is 23.9 Å². The van der Waals surface area contributed by atoms with Gasteiger partial charge in [-0.3, -0.25) is 9.59 Å². The van der Waals surface area contributed by atoms with E-state index in [4.69, 9.17) is 18.6 Å². The fraction of sp³-hybridized carbons (Fsp3) is 0.185. The Bertz CT molecular complexity index is 1450. The predicted octanol–water partition coefficient (Wildman–Crippen LogP) is 5.82. The number of amides is 1. The lowest BCUT2D eigenvalue weighted by molar-refractivity contribution is -0.118. The summed E-state index contributed by atoms with van der Waals surface area (Å²) in [6.45, 7) is 1.64. The Balaban J connectivity index is 1.74. The lowest BCUT2D eigenvalue weighted by atomic mass is 10.1. The number of benzene rings is 3. The van der Waals surface area contributed by atoms with E-state index in [1.54, 1.807) is 36.4 Å². The molecule has 0 unspecified atom stereocenters. The zero-order valence-electron chi connectivity index (χ0n) is 19.5. The highest BCUT2D eigenvalue weighted by molar-refractivity contribution is 9.10. The molecule has 4 rings (SSSR count). The van der Waals surface area contributed by atoms with E-state index in [-0.39, 0.29) is 23.5 Å². The maximum Gasteiger partial charge on any atom is 0.262 e. The highest BCUT2D eigenvalue weighted by Crippen LogP contribution is 2.41. The van der Waals surface area contributed by atoms with Gasteiger partial charge in [-0.05, 0) is 58.2 Å². The monoisotopic (exact) mass is 537 g/mol. The summed E-state index contributed by atoms with van der Waals surface area (Å²) in [5.41, 5.74) is 2.24. The van der Waals surface area contributed by atoms with Gasteiger partial charge in [-0.15, -0.1) is 0 Å². The van der Waals surface area contributed by atoms with Crippen molar-refractivity contribution in [2.75, 3.05) is 26.1 Å². The Hall–Kier alpha value is -3.78. The number of rotatable bonds is 8. The lowest BCUT2D eigenvalue weighted by Gasteiger charge is -2.15. The van der Waals surface area contributed by atoms with Gasteiger partial charge in [0.2, 0.25) is 11.2 Å². The molecule has 1 aromatic heterocycles. The van der Waals surface area contributed by atoms with Gasteiger partial charge in [-0.2, -0.15) is 0 Å². The largest absolute Gasteiger partial charge is 0.493 e. The number of hydrogen-bond donors (Lipinski definition) is 1. The Kier molecular flexibility index (Phi) is 7.41. The number of aryl methyl sites for hydroxylation is 1. The van der Waals surface area contributed by atoms with Crippen LogP contribution in [0.25, 0.3) is 22.3 Å². The van der Waals surface area contributed by atoms with Gasteiger partial charge in [0.15, 0.2) is 23.9 Å². The van der Waals surface area contributed by atoms with E-state index in [9.17, 15) is 9.59 Å². The Morgan fingerprint density at radius 3 is 2.49 bits per heavy atom. The molecule has 1 amide bonds. The van der Waals surface area contributed by atoms with E-state index in [2.05, 4.69) is 21.2 Å². The molecular formula is C27H24BrNO6. The van der Waals surface area contributed by atoms with Crippen LogP contribution in [0.4, 0.5) is 5.69 Å². The first-order valence-electron chi connectivity index (χ1n) is 10.9. The van der Waals surface area contributed by atoms with E-state index in [1.807, 2.05) is 31.2 Å². The third-order valence-electron chi connectivity index (χ3n) is 5.47. The van der Waals surface area contributed by atoms with Crippen LogP contribution in [0, 0.1) is 0 Å². The first-order chi connectivity index (χ1) is 17.0. The average molecular weight is 538 g/mol. The van der Waals surface area contributed by atoms with Gasteiger partial charge in [0.25, 0.3) is 5.91 Å². The molecule has 0 atom stereocenters. The van der Waals surface area contributed by atoms with Crippen molar-refractivity contribution in [1.82, 2.24) is 0 Å². The smallest absolute Gasteiger partial charge is 0.262 e. The number of hydrogen-bond acceptors (Lipinski definition) is 6. The second-order valence-electron chi connectivity index (χ2n) is 7.63. The van der Waals surface area contributed by atoms with Crippen LogP contribution in [-0.4, -0.2) is 26.7 Å². The number of carbonyl (C=O) groups excluding carboxylic acids is 1. The molecule has 0 aliphatic rings. The molecule has 0 aliphatic heterocycles. The SMILES string of the molecule is CCc1ccccc1NC(=O)COc1c(-c2cc(Br)c(OC)c(OC)c2)oc2ccccc2c1=O. The van der Waals surface area contributed by atoms with E-state index in [0.717, 1.165) is 12.0 Å². The molecule has 1 N–H and O–H groups in total. The van der Waals surface area contributed by atoms with Crippen LogP contribution in [0.15, 0.2) is 74.3 Å². The van der Waals surface area contributed by atoms with Crippen molar-refractivity contribution in [3.63, 3.8) is 0 Å². The van der Waals surface area contributed by atoms with Crippen LogP contribution in [0.5, 0.6) is 17.2 Å². The molecule has 3 aromatic carbocycles. The van der Waals surface area contributed by atoms with Crippen LogP contribution < -0.4 is 25.0 Å². The number of nitrogens with one attached hydrogen (secondary N) is 1. The summed E-state index contributed by atoms with van der Waals surface area (Å²) in [5, 5.41) is 3.20. The lowest BCUT2D eigenvalue weighted by Crippen LogP contribution is -2.23. The summed E-state index contributed by atoms with van der Waals surface area (Å²) in [5.74, 6) is 0.653. The van der Waals surface area contributed by atoms with Gasteiger partial charge in [0, 0.05) is 11.3 Å². The predicted molar refractivity (Wildman–Crippen MR) is 139 cm³/mol. The normalized spacial score (nSPS) is 10.7. The molecule has 0 bridgehead atoms. The summed E-state index contributed by atoms with van der Waals surface area (Å²) < 4.78 is 23.3. The number of ether oxygens (including phenoxy) is 3. The van der Waals surface area contributed by atoms with Crippen molar-refractivity contribution in [1.29, 1.82) is 0 Å². The highest BCUT2D eigenvalue weighted by atomic mass is 79.9. The first-order valence-corrected chi connectivity index (χ1v) is 11.7. The van der Waals surface area contributed by atoms with Crippen LogP contribution in [0.3, 0.4) is 0 Å². The van der Waals surface area contributed by atoms with Gasteiger partial charge in [-0.1, -0.05) is 37.3 Å². The van der Waals surface area contributed by atoms with Gasteiger partial charge in [0.1, 0.15) is 5.58 Å². The fourth-order valence-corrected chi connectivity index (χ4v) is 4.37. The van der Waals surface area contributed by atoms with Crippen molar-refractivity contribution in [2.45, 2.75) is 13.3 Å². The maximum absolute atomic E-state index is 13.4. The van der Waals surface area contributed by atoms with E-state index in [1.165, 1.54) is 14.2 Å². The fourth-order valence-electron chi connectivity index (χ4n) is 3.77. The summed E-state index contributed by atoms with van der Waals surface area (Å²) >= 11 is 3.47. The molecule has 8 heteroatoms. The van der Waals surface area contributed by atoms with Gasteiger partial charge in [-0.25, -0.2) is 0 Å². The minimum Gasteiger partial charge on any atom is -0.493 e. The Morgan fingerprint density at radius 2 is 1.74 bits per heavy atom. The number of fused-ring (bicyclic) bond motifs is 1. The third-order valence-corrected chi connectivity index (χ3v) is 6.06. The zero-order valence-corrected chi connectivity index (χ0v) is 21.1. The van der Waals surface area contributed by atoms with Crippen molar-refractivity contribution in [2.24, 2.45) is 0 Å². The highest BCUT2D eigenvalue weighted by Gasteiger charge is 2.22. The molecule has 0 fully saturated rings. The number of para-hydroxylation sites is 2. The minimum atomic E-state index is -0.391. The van der Waals surface area contributed by atoms with Crippen molar-refractivity contribution >= 4 is 38.5 Å². The third kappa shape index (κ3) is 5.02. The molecule has 7 nitrogen and oxygen atoms in total. The van der Waals surface area contributed by atoms with Crippen molar-refractivity contribution in [3.8, 4) is 28.6 Å². The molecule has 0 saturated heterocycles. The Labute approximate surface area is 210 Å². The first kappa shape index (κ1) is 24.3. The molecule has 0 spiro atoms. The molecule has 1 heterocycles. The number of halogens is 1. The van der Waals surface area contributed by atoms with E-state index < -0.39 is 5.91 Å².